The normalized spacial score (nSPS) is 12.5. The van der Waals surface area contributed by atoms with Crippen LogP contribution in [0.5, 0.6) is 5.75 Å². The molecule has 0 saturated heterocycles. The van der Waals surface area contributed by atoms with Gasteiger partial charge in [0, 0.05) is 7.11 Å². The fourth-order valence-electron chi connectivity index (χ4n) is 1.94. The number of ketones is 1. The summed E-state index contributed by atoms with van der Waals surface area (Å²) in [5, 5.41) is 2.75. The molecule has 1 aromatic heterocycles. The van der Waals surface area contributed by atoms with Crippen molar-refractivity contribution in [1.82, 2.24) is 15.3 Å². The van der Waals surface area contributed by atoms with Gasteiger partial charge in [0.1, 0.15) is 18.0 Å². The molecular formula is C17H28N4O4. The van der Waals surface area contributed by atoms with Crippen LogP contribution in [-0.2, 0) is 14.3 Å². The van der Waals surface area contributed by atoms with Crippen LogP contribution in [0.25, 0.3) is 0 Å². The highest BCUT2D eigenvalue weighted by molar-refractivity contribution is 5.92. The summed E-state index contributed by atoms with van der Waals surface area (Å²) in [6, 6.07) is -0.653. The van der Waals surface area contributed by atoms with Gasteiger partial charge >= 0.3 is 0 Å². The molecule has 8 heteroatoms. The van der Waals surface area contributed by atoms with Crippen molar-refractivity contribution in [2.75, 3.05) is 20.3 Å². The number of nitrogens with one attached hydrogen (secondary N) is 1. The van der Waals surface area contributed by atoms with Gasteiger partial charge in [0.2, 0.25) is 0 Å². The third-order valence-electron chi connectivity index (χ3n) is 3.84. The van der Waals surface area contributed by atoms with E-state index in [0.717, 1.165) is 12.8 Å². The molecule has 0 fully saturated rings. The Labute approximate surface area is 148 Å². The van der Waals surface area contributed by atoms with E-state index in [1.807, 2.05) is 0 Å². The number of amides is 1. The number of nitrogens with two attached hydrogens (primary N) is 1. The summed E-state index contributed by atoms with van der Waals surface area (Å²) >= 11 is 0. The Balaban J connectivity index is 2.67. The lowest BCUT2D eigenvalue weighted by atomic mass is 10.0. The number of hydrogen-bond donors (Lipinski definition) is 2. The topological polar surface area (TPSA) is 116 Å². The van der Waals surface area contributed by atoms with Crippen LogP contribution in [0.2, 0.25) is 0 Å². The van der Waals surface area contributed by atoms with Gasteiger partial charge in [-0.25, -0.2) is 9.97 Å². The second-order valence-corrected chi connectivity index (χ2v) is 6.25. The standard InChI is InChI=1S/C17H28N4O4/c1-12-19-9-13(10-20-12)25-11-15(22)14(7-5-6-8-18)21-16(23)17(2,3)24-4/h9-10,14H,5-8,11,18H2,1-4H3,(H,21,23). The van der Waals surface area contributed by atoms with Crippen LogP contribution in [0.1, 0.15) is 38.9 Å². The highest BCUT2D eigenvalue weighted by atomic mass is 16.5. The molecule has 1 aromatic rings. The molecule has 1 heterocycles. The highest BCUT2D eigenvalue weighted by Crippen LogP contribution is 2.11. The van der Waals surface area contributed by atoms with Gasteiger partial charge in [0.25, 0.3) is 5.91 Å². The Morgan fingerprint density at radius 1 is 1.28 bits per heavy atom. The monoisotopic (exact) mass is 352 g/mol. The second-order valence-electron chi connectivity index (χ2n) is 6.25. The van der Waals surface area contributed by atoms with E-state index in [9.17, 15) is 9.59 Å². The minimum absolute atomic E-state index is 0.173. The van der Waals surface area contributed by atoms with Gasteiger partial charge in [-0.3, -0.25) is 9.59 Å². The molecule has 0 spiro atoms. The quantitative estimate of drug-likeness (QED) is 0.565. The molecule has 0 aliphatic carbocycles. The predicted molar refractivity (Wildman–Crippen MR) is 93.2 cm³/mol. The van der Waals surface area contributed by atoms with E-state index in [4.69, 9.17) is 15.2 Å². The zero-order chi connectivity index (χ0) is 18.9. The molecule has 0 radical (unpaired) electrons. The van der Waals surface area contributed by atoms with Crippen molar-refractivity contribution in [2.24, 2.45) is 5.73 Å². The fourth-order valence-corrected chi connectivity index (χ4v) is 1.94. The number of nitrogens with zero attached hydrogens (tertiary/aromatic N) is 2. The lowest BCUT2D eigenvalue weighted by Gasteiger charge is -2.25. The van der Waals surface area contributed by atoms with Crippen molar-refractivity contribution in [3.05, 3.63) is 18.2 Å². The molecule has 1 amide bonds. The Kier molecular flexibility index (Phi) is 8.44. The molecule has 0 bridgehead atoms. The van der Waals surface area contributed by atoms with Gasteiger partial charge in [0.15, 0.2) is 11.5 Å². The predicted octanol–water partition coefficient (Wildman–Crippen LogP) is 0.772. The molecule has 25 heavy (non-hydrogen) atoms. The van der Waals surface area contributed by atoms with E-state index >= 15 is 0 Å². The van der Waals surface area contributed by atoms with Gasteiger partial charge in [-0.1, -0.05) is 0 Å². The van der Waals surface area contributed by atoms with Crippen LogP contribution in [-0.4, -0.2) is 53.6 Å². The van der Waals surface area contributed by atoms with Gasteiger partial charge < -0.3 is 20.5 Å². The summed E-state index contributed by atoms with van der Waals surface area (Å²) in [5.41, 5.74) is 4.48. The lowest BCUT2D eigenvalue weighted by Crippen LogP contribution is -2.51. The zero-order valence-electron chi connectivity index (χ0n) is 15.4. The number of carbonyl (C=O) groups is 2. The van der Waals surface area contributed by atoms with E-state index in [0.29, 0.717) is 24.5 Å². The smallest absolute Gasteiger partial charge is 0.252 e. The van der Waals surface area contributed by atoms with Crippen LogP contribution in [0, 0.1) is 6.92 Å². The fraction of sp³-hybridized carbons (Fsp3) is 0.647. The number of Topliss-reactive ketones (excluding diaryl/α,β-unsaturated/α-hetero) is 1. The number of hydrogen-bond acceptors (Lipinski definition) is 7. The largest absolute Gasteiger partial charge is 0.483 e. The molecular weight excluding hydrogens is 324 g/mol. The first kappa shape index (κ1) is 21.0. The van der Waals surface area contributed by atoms with Crippen molar-refractivity contribution >= 4 is 11.7 Å². The second kappa shape index (κ2) is 10.0. The maximum Gasteiger partial charge on any atom is 0.252 e. The van der Waals surface area contributed by atoms with Crippen LogP contribution < -0.4 is 15.8 Å². The molecule has 1 unspecified atom stereocenters. The summed E-state index contributed by atoms with van der Waals surface area (Å²) in [6.07, 6.45) is 5.01. The van der Waals surface area contributed by atoms with E-state index in [1.54, 1.807) is 20.8 Å². The summed E-state index contributed by atoms with van der Waals surface area (Å²) < 4.78 is 10.6. The number of unbranched alkanes of at least 4 members (excludes halogenated alkanes) is 1. The molecule has 3 N–H and O–H groups in total. The molecule has 140 valence electrons. The van der Waals surface area contributed by atoms with Crippen molar-refractivity contribution in [3.8, 4) is 5.75 Å². The number of aromatic nitrogens is 2. The Hall–Kier alpha value is -2.06. The number of carbonyl (C=O) groups excluding carboxylic acids is 2. The van der Waals surface area contributed by atoms with E-state index in [2.05, 4.69) is 15.3 Å². The maximum atomic E-state index is 12.5. The average molecular weight is 352 g/mol. The first-order valence-corrected chi connectivity index (χ1v) is 8.30. The van der Waals surface area contributed by atoms with Gasteiger partial charge in [0.05, 0.1) is 18.4 Å². The molecule has 0 aromatic carbocycles. The summed E-state index contributed by atoms with van der Waals surface area (Å²) in [5.74, 6) is 0.452. The number of rotatable bonds is 11. The van der Waals surface area contributed by atoms with E-state index in [1.165, 1.54) is 19.5 Å². The average Bonchev–Trinajstić information content (AvgIpc) is 2.60. The Morgan fingerprint density at radius 3 is 2.48 bits per heavy atom. The summed E-state index contributed by atoms with van der Waals surface area (Å²) in [7, 11) is 1.45. The highest BCUT2D eigenvalue weighted by Gasteiger charge is 2.31. The maximum absolute atomic E-state index is 12.5. The number of ether oxygens (including phenoxy) is 2. The van der Waals surface area contributed by atoms with Gasteiger partial charge in [-0.05, 0) is 46.6 Å². The van der Waals surface area contributed by atoms with Gasteiger partial charge in [-0.2, -0.15) is 0 Å². The molecule has 0 aliphatic rings. The summed E-state index contributed by atoms with van der Waals surface area (Å²) in [6.45, 7) is 5.41. The van der Waals surface area contributed by atoms with Crippen molar-refractivity contribution in [1.29, 1.82) is 0 Å². The third-order valence-corrected chi connectivity index (χ3v) is 3.84. The van der Waals surface area contributed by atoms with Crippen LogP contribution in [0.4, 0.5) is 0 Å². The minimum Gasteiger partial charge on any atom is -0.483 e. The molecule has 1 atom stereocenters. The first-order valence-electron chi connectivity index (χ1n) is 8.30. The van der Waals surface area contributed by atoms with Crippen LogP contribution in [0.3, 0.4) is 0 Å². The molecule has 1 rings (SSSR count). The van der Waals surface area contributed by atoms with Crippen molar-refractivity contribution in [3.63, 3.8) is 0 Å². The van der Waals surface area contributed by atoms with Gasteiger partial charge in [-0.15, -0.1) is 0 Å². The number of aryl methyl sites for hydroxylation is 1. The lowest BCUT2D eigenvalue weighted by molar-refractivity contribution is -0.142. The Morgan fingerprint density at radius 2 is 1.92 bits per heavy atom. The van der Waals surface area contributed by atoms with E-state index < -0.39 is 11.6 Å². The third kappa shape index (κ3) is 7.15. The SMILES string of the molecule is COC(C)(C)C(=O)NC(CCCCN)C(=O)COc1cnc(C)nc1. The molecule has 0 saturated carbocycles. The minimum atomic E-state index is -1.02. The van der Waals surface area contributed by atoms with E-state index in [-0.39, 0.29) is 18.3 Å². The van der Waals surface area contributed by atoms with Crippen molar-refractivity contribution in [2.45, 2.75) is 51.7 Å². The first-order chi connectivity index (χ1) is 11.8. The molecule has 0 aliphatic heterocycles. The van der Waals surface area contributed by atoms with Crippen LogP contribution in [0.15, 0.2) is 12.4 Å². The Bertz CT molecular complexity index is 560. The summed E-state index contributed by atoms with van der Waals surface area (Å²) in [4.78, 5) is 32.8. The molecule has 8 nitrogen and oxygen atoms in total. The zero-order valence-corrected chi connectivity index (χ0v) is 15.4. The number of methoxy groups -OCH3 is 1. The van der Waals surface area contributed by atoms with Crippen molar-refractivity contribution < 1.29 is 19.1 Å². The van der Waals surface area contributed by atoms with Crippen LogP contribution >= 0.6 is 0 Å².